The molecule has 0 N–H and O–H groups in total. The topological polar surface area (TPSA) is 55.8 Å². The van der Waals surface area contributed by atoms with Crippen LogP contribution < -0.4 is 9.64 Å². The summed E-state index contributed by atoms with van der Waals surface area (Å²) < 4.78 is 10.7. The first kappa shape index (κ1) is 21.3. The molecular formula is C19H16Cl3NO4S. The number of benzene rings is 2. The maximum absolute atomic E-state index is 13.3. The number of nitrogens with zero attached hydrogens (tertiary/aromatic N) is 1. The van der Waals surface area contributed by atoms with Crippen LogP contribution in [0.3, 0.4) is 0 Å². The fourth-order valence-corrected chi connectivity index (χ4v) is 5.06. The van der Waals surface area contributed by atoms with Crippen LogP contribution in [0.1, 0.15) is 10.8 Å². The molecule has 1 aliphatic rings. The van der Waals surface area contributed by atoms with Crippen LogP contribution in [0.25, 0.3) is 0 Å². The van der Waals surface area contributed by atoms with E-state index in [1.165, 1.54) is 18.9 Å². The molecule has 0 aromatic heterocycles. The third-order valence-electron chi connectivity index (χ3n) is 4.30. The Bertz CT molecular complexity index is 907. The minimum atomic E-state index is -0.954. The van der Waals surface area contributed by atoms with Crippen LogP contribution in [-0.2, 0) is 14.3 Å². The summed E-state index contributed by atoms with van der Waals surface area (Å²) in [5, 5.41) is 0.134. The molecule has 5 nitrogen and oxygen atoms in total. The SMILES string of the molecule is COc1ccc(C2Sc3c(Cl)ccc(Cl)c3N(C(=O)CCl)C(=O)C2OC)cc1. The summed E-state index contributed by atoms with van der Waals surface area (Å²) in [5.74, 6) is -0.856. The van der Waals surface area contributed by atoms with Crippen LogP contribution in [0, 0.1) is 0 Å². The molecule has 0 bridgehead atoms. The molecule has 0 aliphatic carbocycles. The van der Waals surface area contributed by atoms with Crippen molar-refractivity contribution < 1.29 is 19.1 Å². The number of carbonyl (C=O) groups excluding carboxylic acids is 2. The summed E-state index contributed by atoms with van der Waals surface area (Å²) >= 11 is 19.8. The second-order valence-corrected chi connectivity index (χ2v) is 8.11. The van der Waals surface area contributed by atoms with Crippen LogP contribution in [0.5, 0.6) is 5.75 Å². The third-order valence-corrected chi connectivity index (χ3v) is 6.69. The Labute approximate surface area is 181 Å². The predicted molar refractivity (Wildman–Crippen MR) is 112 cm³/mol. The number of methoxy groups -OCH3 is 2. The zero-order valence-corrected chi connectivity index (χ0v) is 18.0. The number of anilines is 1. The number of fused-ring (bicyclic) bond motifs is 1. The lowest BCUT2D eigenvalue weighted by atomic mass is 10.1. The molecule has 2 amide bonds. The van der Waals surface area contributed by atoms with Crippen molar-refractivity contribution in [1.82, 2.24) is 0 Å². The largest absolute Gasteiger partial charge is 0.497 e. The summed E-state index contributed by atoms with van der Waals surface area (Å²) in [4.78, 5) is 27.3. The van der Waals surface area contributed by atoms with Gasteiger partial charge in [-0.25, -0.2) is 4.90 Å². The number of thioether (sulfide) groups is 1. The first-order chi connectivity index (χ1) is 13.4. The molecule has 1 aliphatic heterocycles. The van der Waals surface area contributed by atoms with Crippen molar-refractivity contribution in [3.8, 4) is 5.75 Å². The van der Waals surface area contributed by atoms with Crippen LogP contribution in [-0.4, -0.2) is 38.0 Å². The molecule has 2 aromatic carbocycles. The van der Waals surface area contributed by atoms with Gasteiger partial charge in [0.25, 0.3) is 5.91 Å². The van der Waals surface area contributed by atoms with Crippen molar-refractivity contribution in [3.05, 3.63) is 52.0 Å². The number of hydrogen-bond acceptors (Lipinski definition) is 5. The smallest absolute Gasteiger partial charge is 0.264 e. The van der Waals surface area contributed by atoms with Crippen LogP contribution >= 0.6 is 46.6 Å². The molecule has 0 spiro atoms. The Hall–Kier alpha value is -1.44. The number of hydrogen-bond donors (Lipinski definition) is 0. The molecule has 148 valence electrons. The number of ether oxygens (including phenoxy) is 2. The Morgan fingerprint density at radius 2 is 1.75 bits per heavy atom. The highest BCUT2D eigenvalue weighted by Crippen LogP contribution is 2.51. The summed E-state index contributed by atoms with van der Waals surface area (Å²) in [6.07, 6.45) is -0.954. The highest BCUT2D eigenvalue weighted by molar-refractivity contribution is 8.00. The van der Waals surface area contributed by atoms with Crippen molar-refractivity contribution >= 4 is 64.1 Å². The van der Waals surface area contributed by atoms with Crippen LogP contribution in [0.4, 0.5) is 5.69 Å². The minimum Gasteiger partial charge on any atom is -0.497 e. The summed E-state index contributed by atoms with van der Waals surface area (Å²) in [5.41, 5.74) is 1.04. The van der Waals surface area contributed by atoms with Crippen LogP contribution in [0.2, 0.25) is 10.0 Å². The molecule has 3 rings (SSSR count). The lowest BCUT2D eigenvalue weighted by molar-refractivity contribution is -0.132. The lowest BCUT2D eigenvalue weighted by Gasteiger charge is -2.25. The molecule has 0 saturated carbocycles. The van der Waals surface area contributed by atoms with Crippen molar-refractivity contribution in [2.24, 2.45) is 0 Å². The van der Waals surface area contributed by atoms with Gasteiger partial charge in [0.1, 0.15) is 11.6 Å². The van der Waals surface area contributed by atoms with E-state index in [-0.39, 0.29) is 16.6 Å². The lowest BCUT2D eigenvalue weighted by Crippen LogP contribution is -2.45. The highest BCUT2D eigenvalue weighted by atomic mass is 35.5. The number of carbonyl (C=O) groups is 2. The number of rotatable bonds is 4. The van der Waals surface area contributed by atoms with E-state index in [9.17, 15) is 9.59 Å². The number of alkyl halides is 1. The van der Waals surface area contributed by atoms with Crippen LogP contribution in [0.15, 0.2) is 41.3 Å². The van der Waals surface area contributed by atoms with Crippen molar-refractivity contribution in [2.45, 2.75) is 16.2 Å². The van der Waals surface area contributed by atoms with Gasteiger partial charge in [-0.3, -0.25) is 9.59 Å². The Morgan fingerprint density at radius 3 is 2.32 bits per heavy atom. The molecule has 0 fully saturated rings. The maximum Gasteiger partial charge on any atom is 0.264 e. The van der Waals surface area contributed by atoms with Gasteiger partial charge in [-0.05, 0) is 29.8 Å². The van der Waals surface area contributed by atoms with Gasteiger partial charge in [0, 0.05) is 7.11 Å². The average molecular weight is 461 g/mol. The zero-order valence-electron chi connectivity index (χ0n) is 14.9. The minimum absolute atomic E-state index is 0.226. The fourth-order valence-electron chi connectivity index (χ4n) is 2.97. The standard InChI is InChI=1S/C19H16Cl3NO4S/c1-26-11-5-3-10(4-6-11)17-16(27-2)19(25)23(14(24)9-20)15-12(21)7-8-13(22)18(15)28-17/h3-8,16-17H,9H2,1-2H3. The van der Waals surface area contributed by atoms with E-state index >= 15 is 0 Å². The van der Waals surface area contributed by atoms with Gasteiger partial charge in [0.15, 0.2) is 6.10 Å². The first-order valence-electron chi connectivity index (χ1n) is 8.17. The van der Waals surface area contributed by atoms with E-state index in [1.54, 1.807) is 31.4 Å². The normalized spacial score (nSPS) is 19.2. The van der Waals surface area contributed by atoms with Gasteiger partial charge in [-0.1, -0.05) is 35.3 Å². The fraction of sp³-hybridized carbons (Fsp3) is 0.263. The summed E-state index contributed by atoms with van der Waals surface area (Å²) in [7, 11) is 2.99. The molecule has 1 heterocycles. The van der Waals surface area contributed by atoms with E-state index in [1.807, 2.05) is 12.1 Å². The summed E-state index contributed by atoms with van der Waals surface area (Å²) in [6, 6.07) is 10.4. The molecule has 9 heteroatoms. The molecule has 2 atom stereocenters. The molecule has 2 aromatic rings. The number of amides is 2. The first-order valence-corrected chi connectivity index (χ1v) is 10.3. The van der Waals surface area contributed by atoms with Gasteiger partial charge in [0.05, 0.1) is 33.0 Å². The van der Waals surface area contributed by atoms with Gasteiger partial charge < -0.3 is 9.47 Å². The van der Waals surface area contributed by atoms with E-state index in [4.69, 9.17) is 44.3 Å². The van der Waals surface area contributed by atoms with Crippen molar-refractivity contribution in [2.75, 3.05) is 25.0 Å². The Morgan fingerprint density at radius 1 is 1.11 bits per heavy atom. The van der Waals surface area contributed by atoms with Crippen molar-refractivity contribution in [1.29, 1.82) is 0 Å². The van der Waals surface area contributed by atoms with Gasteiger partial charge >= 0.3 is 0 Å². The predicted octanol–water partition coefficient (Wildman–Crippen LogP) is 4.96. The Kier molecular flexibility index (Phi) is 6.78. The molecule has 28 heavy (non-hydrogen) atoms. The van der Waals surface area contributed by atoms with Crippen molar-refractivity contribution in [3.63, 3.8) is 0 Å². The molecule has 0 radical (unpaired) electrons. The summed E-state index contributed by atoms with van der Waals surface area (Å²) in [6.45, 7) is 0. The second-order valence-electron chi connectivity index (χ2n) is 5.88. The monoisotopic (exact) mass is 459 g/mol. The third kappa shape index (κ3) is 3.84. The number of imide groups is 1. The zero-order chi connectivity index (χ0) is 20.4. The van der Waals surface area contributed by atoms with E-state index in [0.29, 0.717) is 15.7 Å². The highest BCUT2D eigenvalue weighted by Gasteiger charge is 2.42. The quantitative estimate of drug-likeness (QED) is 0.604. The van der Waals surface area contributed by atoms with E-state index < -0.39 is 23.2 Å². The van der Waals surface area contributed by atoms with Gasteiger partial charge in [-0.15, -0.1) is 23.4 Å². The van der Waals surface area contributed by atoms with E-state index in [0.717, 1.165) is 10.5 Å². The Balaban J connectivity index is 2.20. The molecule has 2 unspecified atom stereocenters. The van der Waals surface area contributed by atoms with Gasteiger partial charge in [-0.2, -0.15) is 0 Å². The second kappa shape index (κ2) is 8.93. The average Bonchev–Trinajstić information content (AvgIpc) is 2.85. The van der Waals surface area contributed by atoms with Gasteiger partial charge in [0.2, 0.25) is 5.91 Å². The molecular weight excluding hydrogens is 445 g/mol. The maximum atomic E-state index is 13.3. The molecule has 0 saturated heterocycles. The number of halogens is 3. The van der Waals surface area contributed by atoms with E-state index in [2.05, 4.69) is 0 Å².